The number of hydrogen-bond donors (Lipinski definition) is 2. The van der Waals surface area contributed by atoms with Crippen molar-refractivity contribution < 1.29 is 23.5 Å². The van der Waals surface area contributed by atoms with Gasteiger partial charge in [-0.25, -0.2) is 9.82 Å². The van der Waals surface area contributed by atoms with Crippen LogP contribution in [0.5, 0.6) is 11.5 Å². The summed E-state index contributed by atoms with van der Waals surface area (Å²) in [5, 5.41) is 6.32. The Bertz CT molecular complexity index is 882. The van der Waals surface area contributed by atoms with Gasteiger partial charge in [-0.2, -0.15) is 5.10 Å². The maximum absolute atomic E-state index is 13.0. The molecule has 0 spiro atoms. The van der Waals surface area contributed by atoms with Crippen molar-refractivity contribution in [1.29, 1.82) is 0 Å². The van der Waals surface area contributed by atoms with Crippen LogP contribution < -0.4 is 20.2 Å². The summed E-state index contributed by atoms with van der Waals surface area (Å²) >= 11 is 0. The second-order valence-corrected chi connectivity index (χ2v) is 6.86. The lowest BCUT2D eigenvalue weighted by molar-refractivity contribution is -0.139. The van der Waals surface area contributed by atoms with Gasteiger partial charge < -0.3 is 14.8 Å². The van der Waals surface area contributed by atoms with Gasteiger partial charge in [0, 0.05) is 6.54 Å². The smallest absolute Gasteiger partial charge is 0.329 e. The Hall–Kier alpha value is -3.42. The van der Waals surface area contributed by atoms with Gasteiger partial charge >= 0.3 is 11.8 Å². The van der Waals surface area contributed by atoms with Crippen molar-refractivity contribution in [3.05, 3.63) is 59.4 Å². The minimum Gasteiger partial charge on any atom is -0.490 e. The van der Waals surface area contributed by atoms with Crippen molar-refractivity contribution in [3.63, 3.8) is 0 Å². The molecule has 0 saturated carbocycles. The molecule has 0 heterocycles. The van der Waals surface area contributed by atoms with Crippen molar-refractivity contribution >= 4 is 18.0 Å². The molecule has 0 unspecified atom stereocenters. The molecule has 0 radical (unpaired) electrons. The largest absolute Gasteiger partial charge is 0.490 e. The van der Waals surface area contributed by atoms with Gasteiger partial charge in [-0.1, -0.05) is 26.0 Å². The first kappa shape index (κ1) is 22.9. The summed E-state index contributed by atoms with van der Waals surface area (Å²) in [5.74, 6) is -0.607. The van der Waals surface area contributed by atoms with Gasteiger partial charge in [-0.3, -0.25) is 9.59 Å². The van der Waals surface area contributed by atoms with Crippen molar-refractivity contribution in [2.45, 2.75) is 27.4 Å². The molecular formula is C22H26FN3O4. The normalized spacial score (nSPS) is 10.8. The van der Waals surface area contributed by atoms with Crippen molar-refractivity contribution in [1.82, 2.24) is 10.7 Å². The van der Waals surface area contributed by atoms with Crippen molar-refractivity contribution in [2.24, 2.45) is 11.0 Å². The summed E-state index contributed by atoms with van der Waals surface area (Å²) < 4.78 is 24.4. The molecule has 0 aromatic heterocycles. The van der Waals surface area contributed by atoms with Crippen LogP contribution in [0.4, 0.5) is 4.39 Å². The highest BCUT2D eigenvalue weighted by molar-refractivity contribution is 6.35. The molecule has 2 aromatic rings. The van der Waals surface area contributed by atoms with Crippen LogP contribution in [0.1, 0.15) is 31.9 Å². The lowest BCUT2D eigenvalue weighted by atomic mass is 10.2. The fraction of sp³-hybridized carbons (Fsp3) is 0.318. The first-order valence-corrected chi connectivity index (χ1v) is 9.64. The maximum Gasteiger partial charge on any atom is 0.329 e. The third-order valence-corrected chi connectivity index (χ3v) is 3.83. The van der Waals surface area contributed by atoms with Crippen LogP contribution in [0.25, 0.3) is 0 Å². The Kier molecular flexibility index (Phi) is 8.80. The molecule has 30 heavy (non-hydrogen) atoms. The number of halogens is 1. The lowest BCUT2D eigenvalue weighted by Gasteiger charge is -2.12. The Balaban J connectivity index is 1.97. The molecule has 0 aliphatic rings. The van der Waals surface area contributed by atoms with Crippen LogP contribution in [0, 0.1) is 11.7 Å². The maximum atomic E-state index is 13.0. The highest BCUT2D eigenvalue weighted by Gasteiger charge is 2.12. The number of nitrogens with one attached hydrogen (secondary N) is 2. The average Bonchev–Trinajstić information content (AvgIpc) is 2.72. The highest BCUT2D eigenvalue weighted by atomic mass is 19.1. The van der Waals surface area contributed by atoms with Crippen molar-refractivity contribution in [2.75, 3.05) is 13.2 Å². The van der Waals surface area contributed by atoms with E-state index in [9.17, 15) is 14.0 Å². The van der Waals surface area contributed by atoms with E-state index >= 15 is 0 Å². The lowest BCUT2D eigenvalue weighted by Crippen LogP contribution is -2.39. The van der Waals surface area contributed by atoms with E-state index < -0.39 is 11.8 Å². The Morgan fingerprint density at radius 3 is 2.47 bits per heavy atom. The summed E-state index contributed by atoms with van der Waals surface area (Å²) in [6.45, 7) is 6.81. The topological polar surface area (TPSA) is 89.0 Å². The van der Waals surface area contributed by atoms with Gasteiger partial charge in [-0.15, -0.1) is 0 Å². The third-order valence-electron chi connectivity index (χ3n) is 3.83. The van der Waals surface area contributed by atoms with E-state index in [4.69, 9.17) is 9.47 Å². The molecule has 0 fully saturated rings. The Morgan fingerprint density at radius 1 is 1.07 bits per heavy atom. The fourth-order valence-electron chi connectivity index (χ4n) is 2.33. The van der Waals surface area contributed by atoms with Crippen molar-refractivity contribution in [3.8, 4) is 11.5 Å². The predicted octanol–water partition coefficient (Wildman–Crippen LogP) is 3.03. The highest BCUT2D eigenvalue weighted by Crippen LogP contribution is 2.29. The zero-order valence-electron chi connectivity index (χ0n) is 17.3. The minimum absolute atomic E-state index is 0.242. The van der Waals surface area contributed by atoms with Gasteiger partial charge in [-0.05, 0) is 54.3 Å². The number of ether oxygens (including phenoxy) is 2. The van der Waals surface area contributed by atoms with E-state index in [1.807, 2.05) is 20.8 Å². The number of carbonyl (C=O) groups excluding carboxylic acids is 2. The minimum atomic E-state index is -0.837. The standard InChI is InChI=1S/C22H26FN3O4/c1-4-29-20-11-17(13-25-26-22(28)21(27)24-12-15(2)3)7-10-19(20)30-14-16-5-8-18(23)9-6-16/h5-11,13,15H,4,12,14H2,1-3H3,(H,24,27)(H,26,28)/b25-13-. The molecule has 2 N–H and O–H groups in total. The molecular weight excluding hydrogens is 389 g/mol. The van der Waals surface area contributed by atoms with E-state index in [1.54, 1.807) is 30.3 Å². The van der Waals surface area contributed by atoms with Crippen LogP contribution in [0.3, 0.4) is 0 Å². The van der Waals surface area contributed by atoms with E-state index in [0.717, 1.165) is 5.56 Å². The summed E-state index contributed by atoms with van der Waals surface area (Å²) in [6.07, 6.45) is 1.40. The number of hydrogen-bond acceptors (Lipinski definition) is 5. The summed E-state index contributed by atoms with van der Waals surface area (Å²) in [6, 6.07) is 11.2. The summed E-state index contributed by atoms with van der Waals surface area (Å²) in [5.41, 5.74) is 3.66. The van der Waals surface area contributed by atoms with Gasteiger partial charge in [0.2, 0.25) is 0 Å². The number of rotatable bonds is 9. The van der Waals surface area contributed by atoms with Crippen LogP contribution in [-0.4, -0.2) is 31.2 Å². The van der Waals surface area contributed by atoms with E-state index in [-0.39, 0.29) is 18.3 Å². The zero-order chi connectivity index (χ0) is 21.9. The Morgan fingerprint density at radius 2 is 1.80 bits per heavy atom. The molecule has 2 rings (SSSR count). The molecule has 0 saturated heterocycles. The zero-order valence-corrected chi connectivity index (χ0v) is 17.3. The second kappa shape index (κ2) is 11.5. The second-order valence-electron chi connectivity index (χ2n) is 6.86. The van der Waals surface area contributed by atoms with Gasteiger partial charge in [0.05, 0.1) is 12.8 Å². The number of benzene rings is 2. The van der Waals surface area contributed by atoms with Crippen LogP contribution in [0.2, 0.25) is 0 Å². The average molecular weight is 415 g/mol. The number of hydrazone groups is 1. The van der Waals surface area contributed by atoms with Gasteiger partial charge in [0.25, 0.3) is 0 Å². The van der Waals surface area contributed by atoms with Gasteiger partial charge in [0.1, 0.15) is 12.4 Å². The molecule has 8 heteroatoms. The number of nitrogens with zero attached hydrogens (tertiary/aromatic N) is 1. The van der Waals surface area contributed by atoms with Crippen LogP contribution >= 0.6 is 0 Å². The Labute approximate surface area is 175 Å². The fourth-order valence-corrected chi connectivity index (χ4v) is 2.33. The first-order chi connectivity index (χ1) is 14.4. The van der Waals surface area contributed by atoms with E-state index in [0.29, 0.717) is 30.2 Å². The molecule has 0 atom stereocenters. The molecule has 0 aliphatic carbocycles. The third kappa shape index (κ3) is 7.54. The molecule has 2 amide bonds. The van der Waals surface area contributed by atoms with Crippen LogP contribution in [-0.2, 0) is 16.2 Å². The molecule has 7 nitrogen and oxygen atoms in total. The van der Waals surface area contributed by atoms with E-state index in [1.165, 1.54) is 18.3 Å². The number of amides is 2. The summed E-state index contributed by atoms with van der Waals surface area (Å²) in [4.78, 5) is 23.3. The molecule has 0 aliphatic heterocycles. The van der Waals surface area contributed by atoms with E-state index in [2.05, 4.69) is 15.8 Å². The SMILES string of the molecule is CCOc1cc(/C=N\NC(=O)C(=O)NCC(C)C)ccc1OCc1ccc(F)cc1. The molecule has 160 valence electrons. The molecule has 0 bridgehead atoms. The first-order valence-electron chi connectivity index (χ1n) is 9.64. The molecule has 2 aromatic carbocycles. The monoisotopic (exact) mass is 415 g/mol. The van der Waals surface area contributed by atoms with Crippen LogP contribution in [0.15, 0.2) is 47.6 Å². The summed E-state index contributed by atoms with van der Waals surface area (Å²) in [7, 11) is 0. The number of carbonyl (C=O) groups is 2. The van der Waals surface area contributed by atoms with Gasteiger partial charge in [0.15, 0.2) is 11.5 Å². The quantitative estimate of drug-likeness (QED) is 0.374. The predicted molar refractivity (Wildman–Crippen MR) is 112 cm³/mol.